The Bertz CT molecular complexity index is 468. The van der Waals surface area contributed by atoms with E-state index >= 15 is 0 Å². The Morgan fingerprint density at radius 3 is 2.35 bits per heavy atom. The molecule has 2 amide bonds. The van der Waals surface area contributed by atoms with Crippen molar-refractivity contribution in [1.82, 2.24) is 4.90 Å². The fourth-order valence-corrected chi connectivity index (χ4v) is 1.76. The second kappa shape index (κ2) is 7.53. The highest BCUT2D eigenvalue weighted by molar-refractivity contribution is 6.39. The Labute approximate surface area is 119 Å². The Hall–Kier alpha value is -2.04. The van der Waals surface area contributed by atoms with E-state index in [2.05, 4.69) is 5.32 Å². The van der Waals surface area contributed by atoms with Crippen molar-refractivity contribution in [2.75, 3.05) is 18.4 Å². The van der Waals surface area contributed by atoms with Gasteiger partial charge in [0.1, 0.15) is 5.75 Å². The molecule has 0 heterocycles. The Morgan fingerprint density at radius 1 is 1.20 bits per heavy atom. The third-order valence-electron chi connectivity index (χ3n) is 2.74. The average Bonchev–Trinajstić information content (AvgIpc) is 2.41. The standard InChI is InChI=1S/C15H22N2O3/c1-5-17(6-2)15(19)14(18)16-12-9-7-8-10-13(12)20-11(3)4/h7-11H,5-6H2,1-4H3,(H,16,18). The zero-order valence-corrected chi connectivity index (χ0v) is 12.5. The number of nitrogens with one attached hydrogen (secondary N) is 1. The molecule has 110 valence electrons. The molecule has 1 aromatic carbocycles. The van der Waals surface area contributed by atoms with Gasteiger partial charge in [-0.2, -0.15) is 0 Å². The number of hydrogen-bond acceptors (Lipinski definition) is 3. The molecule has 0 saturated carbocycles. The van der Waals surface area contributed by atoms with Crippen LogP contribution < -0.4 is 10.1 Å². The first-order valence-electron chi connectivity index (χ1n) is 6.85. The van der Waals surface area contributed by atoms with Gasteiger partial charge in [0.05, 0.1) is 11.8 Å². The number of nitrogens with zero attached hydrogens (tertiary/aromatic N) is 1. The van der Waals surface area contributed by atoms with E-state index in [1.165, 1.54) is 4.90 Å². The highest BCUT2D eigenvalue weighted by Crippen LogP contribution is 2.24. The number of ether oxygens (including phenoxy) is 1. The molecule has 0 aromatic heterocycles. The van der Waals surface area contributed by atoms with Gasteiger partial charge in [0, 0.05) is 13.1 Å². The van der Waals surface area contributed by atoms with Crippen LogP contribution in [0.4, 0.5) is 5.69 Å². The quantitative estimate of drug-likeness (QED) is 0.841. The highest BCUT2D eigenvalue weighted by atomic mass is 16.5. The third-order valence-corrected chi connectivity index (χ3v) is 2.74. The predicted molar refractivity (Wildman–Crippen MR) is 78.8 cm³/mol. The van der Waals surface area contributed by atoms with Crippen LogP contribution in [-0.4, -0.2) is 35.9 Å². The van der Waals surface area contributed by atoms with Crippen LogP contribution in [0.3, 0.4) is 0 Å². The largest absolute Gasteiger partial charge is 0.489 e. The topological polar surface area (TPSA) is 58.6 Å². The summed E-state index contributed by atoms with van der Waals surface area (Å²) in [6, 6.07) is 7.08. The number of carbonyl (C=O) groups excluding carboxylic acids is 2. The molecule has 0 bridgehead atoms. The Morgan fingerprint density at radius 2 is 1.80 bits per heavy atom. The molecule has 1 N–H and O–H groups in total. The van der Waals surface area contributed by atoms with E-state index in [0.717, 1.165) is 0 Å². The number of para-hydroxylation sites is 2. The van der Waals surface area contributed by atoms with E-state index in [1.54, 1.807) is 18.2 Å². The van der Waals surface area contributed by atoms with Gasteiger partial charge in [-0.05, 0) is 39.8 Å². The summed E-state index contributed by atoms with van der Waals surface area (Å²) in [5.74, 6) is -0.619. The van der Waals surface area contributed by atoms with Gasteiger partial charge in [0.25, 0.3) is 0 Å². The molecule has 0 unspecified atom stereocenters. The van der Waals surface area contributed by atoms with Crippen molar-refractivity contribution in [1.29, 1.82) is 0 Å². The number of carbonyl (C=O) groups is 2. The summed E-state index contributed by atoms with van der Waals surface area (Å²) >= 11 is 0. The molecule has 0 aliphatic heterocycles. The number of likely N-dealkylation sites (N-methyl/N-ethyl adjacent to an activating group) is 1. The fourth-order valence-electron chi connectivity index (χ4n) is 1.76. The molecule has 5 nitrogen and oxygen atoms in total. The molecular weight excluding hydrogens is 256 g/mol. The van der Waals surface area contributed by atoms with Gasteiger partial charge in [0.2, 0.25) is 0 Å². The van der Waals surface area contributed by atoms with Crippen molar-refractivity contribution in [3.8, 4) is 5.75 Å². The molecule has 20 heavy (non-hydrogen) atoms. The molecule has 1 aromatic rings. The predicted octanol–water partition coefficient (Wildman–Crippen LogP) is 2.28. The molecule has 0 aliphatic carbocycles. The second-order valence-electron chi connectivity index (χ2n) is 4.59. The zero-order valence-electron chi connectivity index (χ0n) is 12.5. The number of amides is 2. The van der Waals surface area contributed by atoms with Crippen LogP contribution in [0.15, 0.2) is 24.3 Å². The minimum Gasteiger partial charge on any atom is -0.489 e. The number of anilines is 1. The molecule has 0 fully saturated rings. The summed E-state index contributed by atoms with van der Waals surface area (Å²) in [5.41, 5.74) is 0.506. The lowest BCUT2D eigenvalue weighted by Gasteiger charge is -2.19. The molecular formula is C15H22N2O3. The Kier molecular flexibility index (Phi) is 6.03. The minimum atomic E-state index is -0.645. The van der Waals surface area contributed by atoms with Crippen LogP contribution in [-0.2, 0) is 9.59 Å². The van der Waals surface area contributed by atoms with E-state index in [9.17, 15) is 9.59 Å². The van der Waals surface area contributed by atoms with Crippen molar-refractivity contribution in [2.45, 2.75) is 33.8 Å². The van der Waals surface area contributed by atoms with Gasteiger partial charge in [-0.3, -0.25) is 9.59 Å². The van der Waals surface area contributed by atoms with Crippen molar-refractivity contribution >= 4 is 17.5 Å². The molecule has 0 saturated heterocycles. The smallest absolute Gasteiger partial charge is 0.314 e. The summed E-state index contributed by atoms with van der Waals surface area (Å²) < 4.78 is 5.60. The highest BCUT2D eigenvalue weighted by Gasteiger charge is 2.20. The van der Waals surface area contributed by atoms with E-state index in [0.29, 0.717) is 24.5 Å². The number of benzene rings is 1. The lowest BCUT2D eigenvalue weighted by atomic mass is 10.2. The first-order chi connectivity index (χ1) is 9.49. The van der Waals surface area contributed by atoms with Crippen molar-refractivity contribution in [3.05, 3.63) is 24.3 Å². The maximum Gasteiger partial charge on any atom is 0.314 e. The first kappa shape index (κ1) is 16.0. The second-order valence-corrected chi connectivity index (χ2v) is 4.59. The third kappa shape index (κ3) is 4.26. The maximum atomic E-state index is 12.0. The van der Waals surface area contributed by atoms with E-state index < -0.39 is 11.8 Å². The van der Waals surface area contributed by atoms with E-state index in [1.807, 2.05) is 33.8 Å². The fraction of sp³-hybridized carbons (Fsp3) is 0.467. The SMILES string of the molecule is CCN(CC)C(=O)C(=O)Nc1ccccc1OC(C)C. The van der Waals surface area contributed by atoms with Gasteiger partial charge in [-0.1, -0.05) is 12.1 Å². The van der Waals surface area contributed by atoms with Crippen LogP contribution in [0, 0.1) is 0 Å². The van der Waals surface area contributed by atoms with Gasteiger partial charge >= 0.3 is 11.8 Å². The van der Waals surface area contributed by atoms with Crippen LogP contribution in [0.1, 0.15) is 27.7 Å². The molecule has 0 spiro atoms. The van der Waals surface area contributed by atoms with Gasteiger partial charge in [-0.15, -0.1) is 0 Å². The Balaban J connectivity index is 2.82. The van der Waals surface area contributed by atoms with Crippen molar-refractivity contribution < 1.29 is 14.3 Å². The average molecular weight is 278 g/mol. The van der Waals surface area contributed by atoms with Gasteiger partial charge in [-0.25, -0.2) is 0 Å². The van der Waals surface area contributed by atoms with E-state index in [-0.39, 0.29) is 6.10 Å². The summed E-state index contributed by atoms with van der Waals surface area (Å²) in [5, 5.41) is 2.61. The molecule has 0 atom stereocenters. The summed E-state index contributed by atoms with van der Waals surface area (Å²) in [6.45, 7) is 8.49. The normalized spacial score (nSPS) is 10.2. The van der Waals surface area contributed by atoms with Gasteiger partial charge in [0.15, 0.2) is 0 Å². The van der Waals surface area contributed by atoms with Crippen molar-refractivity contribution in [2.24, 2.45) is 0 Å². The maximum absolute atomic E-state index is 12.0. The summed E-state index contributed by atoms with van der Waals surface area (Å²) in [4.78, 5) is 25.3. The van der Waals surface area contributed by atoms with Crippen LogP contribution >= 0.6 is 0 Å². The number of hydrogen-bond donors (Lipinski definition) is 1. The lowest BCUT2D eigenvalue weighted by molar-refractivity contribution is -0.142. The van der Waals surface area contributed by atoms with E-state index in [4.69, 9.17) is 4.74 Å². The minimum absolute atomic E-state index is 0.00784. The molecule has 5 heteroatoms. The van der Waals surface area contributed by atoms with Crippen LogP contribution in [0.2, 0.25) is 0 Å². The van der Waals surface area contributed by atoms with Crippen molar-refractivity contribution in [3.63, 3.8) is 0 Å². The lowest BCUT2D eigenvalue weighted by Crippen LogP contribution is -2.39. The summed E-state index contributed by atoms with van der Waals surface area (Å²) in [6.07, 6.45) is -0.00784. The molecule has 1 rings (SSSR count). The van der Waals surface area contributed by atoms with Gasteiger partial charge < -0.3 is 15.0 Å². The van der Waals surface area contributed by atoms with Crippen LogP contribution in [0.5, 0.6) is 5.75 Å². The van der Waals surface area contributed by atoms with Crippen LogP contribution in [0.25, 0.3) is 0 Å². The first-order valence-corrected chi connectivity index (χ1v) is 6.85. The molecule has 0 radical (unpaired) electrons. The molecule has 0 aliphatic rings. The zero-order chi connectivity index (χ0) is 15.1. The summed E-state index contributed by atoms with van der Waals surface area (Å²) in [7, 11) is 0. The number of rotatable bonds is 5. The monoisotopic (exact) mass is 278 g/mol.